The first-order valence-corrected chi connectivity index (χ1v) is 12.5. The normalized spacial score (nSPS) is 15.9. The number of aromatic hydroxyl groups is 1. The number of nitrogens with one attached hydrogen (secondary N) is 3. The van der Waals surface area contributed by atoms with Crippen LogP contribution in [0.25, 0.3) is 10.2 Å². The van der Waals surface area contributed by atoms with Gasteiger partial charge in [-0.25, -0.2) is 0 Å². The van der Waals surface area contributed by atoms with Gasteiger partial charge < -0.3 is 25.8 Å². The summed E-state index contributed by atoms with van der Waals surface area (Å²) in [7, 11) is 0. The van der Waals surface area contributed by atoms with Gasteiger partial charge in [0.25, 0.3) is 0 Å². The number of hydrogen-bond donors (Lipinski definition) is 5. The number of phenols is 1. The minimum absolute atomic E-state index is 0.0241. The minimum Gasteiger partial charge on any atom is -0.506 e. The van der Waals surface area contributed by atoms with Crippen LogP contribution in [0, 0.1) is 0 Å². The number of aromatic amines is 1. The van der Waals surface area contributed by atoms with Crippen molar-refractivity contribution < 1.29 is 10.2 Å². The van der Waals surface area contributed by atoms with Crippen LogP contribution >= 0.6 is 11.3 Å². The molecule has 7 heteroatoms. The lowest BCUT2D eigenvalue weighted by atomic mass is 9.95. The Bertz CT molecular complexity index is 1070. The van der Waals surface area contributed by atoms with Gasteiger partial charge in [-0.2, -0.15) is 0 Å². The number of fused-ring (bicyclic) bond motifs is 1. The molecule has 0 amide bonds. The number of benzene rings is 2. The molecular formula is C25H33N3O3S. The van der Waals surface area contributed by atoms with E-state index in [-0.39, 0.29) is 10.6 Å². The summed E-state index contributed by atoms with van der Waals surface area (Å²) < 4.78 is 0.610. The lowest BCUT2D eigenvalue weighted by molar-refractivity contribution is 0.176. The second-order valence-corrected chi connectivity index (χ2v) is 9.70. The van der Waals surface area contributed by atoms with Crippen molar-refractivity contribution in [2.75, 3.05) is 19.6 Å². The summed E-state index contributed by atoms with van der Waals surface area (Å²) in [6, 6.07) is 12.6. The van der Waals surface area contributed by atoms with Crippen LogP contribution in [0.1, 0.15) is 54.9 Å². The van der Waals surface area contributed by atoms with Gasteiger partial charge in [0.05, 0.1) is 10.8 Å². The molecule has 6 nitrogen and oxygen atoms in total. The summed E-state index contributed by atoms with van der Waals surface area (Å²) in [5, 5.41) is 27.5. The van der Waals surface area contributed by atoms with E-state index in [1.807, 2.05) is 0 Å². The van der Waals surface area contributed by atoms with Gasteiger partial charge in [0.15, 0.2) is 0 Å². The number of thiazole rings is 1. The van der Waals surface area contributed by atoms with Crippen LogP contribution in [-0.4, -0.2) is 40.9 Å². The predicted molar refractivity (Wildman–Crippen MR) is 131 cm³/mol. The van der Waals surface area contributed by atoms with Crippen molar-refractivity contribution in [1.82, 2.24) is 15.6 Å². The van der Waals surface area contributed by atoms with Crippen molar-refractivity contribution >= 4 is 21.6 Å². The third-order valence-corrected chi connectivity index (χ3v) is 7.25. The number of aromatic nitrogens is 1. The van der Waals surface area contributed by atoms with Crippen molar-refractivity contribution in [3.8, 4) is 5.75 Å². The highest BCUT2D eigenvalue weighted by atomic mass is 32.1. The molecule has 3 aromatic rings. The van der Waals surface area contributed by atoms with Gasteiger partial charge in [-0.3, -0.25) is 4.79 Å². The zero-order valence-electron chi connectivity index (χ0n) is 18.4. The fourth-order valence-electron chi connectivity index (χ4n) is 4.55. The molecule has 4 rings (SSSR count). The molecule has 5 N–H and O–H groups in total. The first-order chi connectivity index (χ1) is 15.6. The Morgan fingerprint density at radius 3 is 2.59 bits per heavy atom. The summed E-state index contributed by atoms with van der Waals surface area (Å²) in [5.74, 6) is 0.0241. The monoisotopic (exact) mass is 455 g/mol. The molecule has 1 fully saturated rings. The highest BCUT2D eigenvalue weighted by Crippen LogP contribution is 2.31. The number of aliphatic hydroxyl groups excluding tert-OH is 1. The molecule has 1 heterocycles. The summed E-state index contributed by atoms with van der Waals surface area (Å²) in [6.07, 6.45) is 7.92. The van der Waals surface area contributed by atoms with E-state index in [4.69, 9.17) is 0 Å². The Kier molecular flexibility index (Phi) is 7.97. The number of hydrogen-bond acceptors (Lipinski definition) is 6. The molecule has 1 aliphatic carbocycles. The summed E-state index contributed by atoms with van der Waals surface area (Å²) >= 11 is 1.01. The molecule has 0 spiro atoms. The van der Waals surface area contributed by atoms with Gasteiger partial charge >= 0.3 is 4.87 Å². The highest BCUT2D eigenvalue weighted by molar-refractivity contribution is 7.16. The molecule has 0 aliphatic heterocycles. The van der Waals surface area contributed by atoms with E-state index < -0.39 is 6.10 Å². The summed E-state index contributed by atoms with van der Waals surface area (Å²) in [5.41, 5.74) is 3.70. The van der Waals surface area contributed by atoms with Crippen LogP contribution in [0.2, 0.25) is 0 Å². The van der Waals surface area contributed by atoms with E-state index in [9.17, 15) is 15.0 Å². The van der Waals surface area contributed by atoms with Crippen LogP contribution in [0.4, 0.5) is 0 Å². The standard InChI is InChI=1S/C25H33N3O3S/c29-21-10-9-20(24-23(21)28-25(31)32-24)22(30)16-26-13-11-17-5-4-6-18(15-17)12-14-27-19-7-2-1-3-8-19/h4-6,9-10,15,19,22,26-27,29-30H,1-3,7-8,11-14,16H2,(H,28,31)/t22-/m0/s1. The maximum atomic E-state index is 11.7. The molecule has 1 saturated carbocycles. The molecule has 0 unspecified atom stereocenters. The van der Waals surface area contributed by atoms with Crippen LogP contribution in [-0.2, 0) is 12.8 Å². The number of phenolic OH excluding ortho intramolecular Hbond substituents is 1. The second kappa shape index (κ2) is 11.1. The molecular weight excluding hydrogens is 422 g/mol. The fraction of sp³-hybridized carbons (Fsp3) is 0.480. The largest absolute Gasteiger partial charge is 0.506 e. The summed E-state index contributed by atoms with van der Waals surface area (Å²) in [6.45, 7) is 2.17. The molecule has 172 valence electrons. The first kappa shape index (κ1) is 23.0. The Morgan fingerprint density at radius 1 is 1.06 bits per heavy atom. The van der Waals surface area contributed by atoms with E-state index in [0.29, 0.717) is 28.4 Å². The zero-order valence-corrected chi connectivity index (χ0v) is 19.2. The van der Waals surface area contributed by atoms with Gasteiger partial charge in [0.2, 0.25) is 0 Å². The molecule has 0 bridgehead atoms. The van der Waals surface area contributed by atoms with E-state index in [2.05, 4.69) is 39.9 Å². The molecule has 0 saturated heterocycles. The third kappa shape index (κ3) is 5.98. The van der Waals surface area contributed by atoms with Gasteiger partial charge in [-0.1, -0.05) is 60.9 Å². The van der Waals surface area contributed by atoms with Gasteiger partial charge in [-0.05, 0) is 56.0 Å². The van der Waals surface area contributed by atoms with Crippen molar-refractivity contribution in [2.45, 2.75) is 57.1 Å². The topological polar surface area (TPSA) is 97.4 Å². The molecule has 1 aliphatic rings. The van der Waals surface area contributed by atoms with Crippen molar-refractivity contribution in [1.29, 1.82) is 0 Å². The maximum Gasteiger partial charge on any atom is 0.305 e. The molecule has 1 atom stereocenters. The van der Waals surface area contributed by atoms with Crippen molar-refractivity contribution in [2.24, 2.45) is 0 Å². The van der Waals surface area contributed by atoms with Gasteiger partial charge in [0, 0.05) is 18.2 Å². The Morgan fingerprint density at radius 2 is 1.81 bits per heavy atom. The van der Waals surface area contributed by atoms with E-state index in [1.165, 1.54) is 49.3 Å². The zero-order chi connectivity index (χ0) is 22.3. The number of rotatable bonds is 10. The molecule has 0 radical (unpaired) electrons. The van der Waals surface area contributed by atoms with E-state index >= 15 is 0 Å². The SMILES string of the molecule is O=c1[nH]c2c(O)ccc([C@@H](O)CNCCc3cccc(CCNC4CCCCC4)c3)c2s1. The summed E-state index contributed by atoms with van der Waals surface area (Å²) in [4.78, 5) is 14.0. The first-order valence-electron chi connectivity index (χ1n) is 11.6. The number of aliphatic hydroxyl groups is 1. The van der Waals surface area contributed by atoms with Crippen LogP contribution in [0.15, 0.2) is 41.2 Å². The second-order valence-electron chi connectivity index (χ2n) is 8.72. The average Bonchev–Trinajstić information content (AvgIpc) is 3.20. The Hall–Kier alpha value is -2.19. The fourth-order valence-corrected chi connectivity index (χ4v) is 5.47. The van der Waals surface area contributed by atoms with Crippen LogP contribution in [0.5, 0.6) is 5.75 Å². The Balaban J connectivity index is 1.23. The van der Waals surface area contributed by atoms with Crippen LogP contribution < -0.4 is 15.5 Å². The minimum atomic E-state index is -0.748. The van der Waals surface area contributed by atoms with Crippen molar-refractivity contribution in [3.63, 3.8) is 0 Å². The van der Waals surface area contributed by atoms with E-state index in [0.717, 1.165) is 37.3 Å². The average molecular weight is 456 g/mol. The predicted octanol–water partition coefficient (Wildman–Crippen LogP) is 3.63. The smallest absolute Gasteiger partial charge is 0.305 e. The third-order valence-electron chi connectivity index (χ3n) is 6.32. The lowest BCUT2D eigenvalue weighted by Gasteiger charge is -2.22. The quantitative estimate of drug-likeness (QED) is 0.301. The molecule has 2 aromatic carbocycles. The Labute approximate surface area is 192 Å². The number of H-pyrrole nitrogens is 1. The molecule has 1 aromatic heterocycles. The van der Waals surface area contributed by atoms with E-state index in [1.54, 1.807) is 6.07 Å². The van der Waals surface area contributed by atoms with Crippen LogP contribution in [0.3, 0.4) is 0 Å². The maximum absolute atomic E-state index is 11.7. The lowest BCUT2D eigenvalue weighted by Crippen LogP contribution is -2.32. The van der Waals surface area contributed by atoms with Gasteiger partial charge in [-0.15, -0.1) is 0 Å². The molecule has 32 heavy (non-hydrogen) atoms. The van der Waals surface area contributed by atoms with Crippen molar-refractivity contribution in [3.05, 3.63) is 62.8 Å². The van der Waals surface area contributed by atoms with Gasteiger partial charge in [0.1, 0.15) is 11.3 Å². The highest BCUT2D eigenvalue weighted by Gasteiger charge is 2.16.